The predicted octanol–water partition coefficient (Wildman–Crippen LogP) is 20.1. The molecule has 0 bridgehead atoms. The molecule has 0 heterocycles. The van der Waals surface area contributed by atoms with Crippen LogP contribution in [0.4, 0.5) is 0 Å². The Balaban J connectivity index is 5.23. The molecule has 0 aliphatic heterocycles. The van der Waals surface area contributed by atoms with Crippen molar-refractivity contribution in [3.8, 4) is 0 Å². The van der Waals surface area contributed by atoms with E-state index in [1.807, 2.05) is 0 Å². The summed E-state index contributed by atoms with van der Waals surface area (Å²) in [5.41, 5.74) is 0. The zero-order valence-electron chi connectivity index (χ0n) is 58.8. The lowest BCUT2D eigenvalue weighted by Crippen LogP contribution is -2.30. The number of aliphatic hydroxyl groups excluding tert-OH is 1. The topological polar surface area (TPSA) is 237 Å². The quantitative estimate of drug-likeness (QED) is 0.0222. The number of phosphoric ester groups is 2. The van der Waals surface area contributed by atoms with Crippen molar-refractivity contribution in [2.24, 2.45) is 23.7 Å². The zero-order valence-corrected chi connectivity index (χ0v) is 60.6. The molecule has 0 radical (unpaired) electrons. The van der Waals surface area contributed by atoms with Crippen LogP contribution in [0.25, 0.3) is 0 Å². The van der Waals surface area contributed by atoms with E-state index >= 15 is 0 Å². The molecule has 0 spiro atoms. The Morgan fingerprint density at radius 2 is 0.533 bits per heavy atom. The molecular formula is C71H138O17P2. The predicted molar refractivity (Wildman–Crippen MR) is 363 cm³/mol. The second-order valence-electron chi connectivity index (χ2n) is 27.3. The third-order valence-electron chi connectivity index (χ3n) is 16.7. The van der Waals surface area contributed by atoms with Crippen LogP contribution < -0.4 is 0 Å². The van der Waals surface area contributed by atoms with Crippen LogP contribution in [-0.2, 0) is 65.4 Å². The van der Waals surface area contributed by atoms with E-state index in [-0.39, 0.29) is 25.7 Å². The zero-order chi connectivity index (χ0) is 66.8. The molecule has 0 aromatic rings. The second-order valence-corrected chi connectivity index (χ2v) is 30.2. The van der Waals surface area contributed by atoms with E-state index in [4.69, 9.17) is 37.0 Å². The van der Waals surface area contributed by atoms with Gasteiger partial charge in [0, 0.05) is 25.7 Å². The number of esters is 4. The van der Waals surface area contributed by atoms with Gasteiger partial charge in [-0.2, -0.15) is 0 Å². The standard InChI is InChI=1S/C71H138O17P2/c1-9-64(8)50-42-34-29-30-36-44-52-69(74)82-58-67(88-71(76)54-46-38-28-22-21-25-33-41-49-63(6)7)60-86-90(79,80)84-56-65(72)55-83-89(77,78)85-59-66(87-70(75)53-45-37-27-20-16-18-24-32-40-48-62(4)5)57-81-68(73)51-43-35-26-19-15-13-11-10-12-14-17-23-31-39-47-61(2)3/h61-67,72H,9-60H2,1-8H3,(H,77,78)(H,79,80)/t64?,65-,66-,67-/m1/s1. The maximum Gasteiger partial charge on any atom is 0.472 e. The van der Waals surface area contributed by atoms with E-state index in [9.17, 15) is 43.2 Å². The van der Waals surface area contributed by atoms with Crippen molar-refractivity contribution in [1.82, 2.24) is 0 Å². The van der Waals surface area contributed by atoms with E-state index < -0.39 is 97.5 Å². The normalized spacial score (nSPS) is 14.6. The summed E-state index contributed by atoms with van der Waals surface area (Å²) in [5, 5.41) is 10.6. The largest absolute Gasteiger partial charge is 0.472 e. The van der Waals surface area contributed by atoms with Crippen LogP contribution >= 0.6 is 15.6 Å². The van der Waals surface area contributed by atoms with Crippen LogP contribution in [0.15, 0.2) is 0 Å². The van der Waals surface area contributed by atoms with Crippen molar-refractivity contribution in [3.05, 3.63) is 0 Å². The molecule has 0 saturated heterocycles. The monoisotopic (exact) mass is 1320 g/mol. The highest BCUT2D eigenvalue weighted by atomic mass is 31.2. The van der Waals surface area contributed by atoms with Crippen molar-refractivity contribution in [2.45, 2.75) is 369 Å². The molecule has 6 atom stereocenters. The van der Waals surface area contributed by atoms with E-state index in [1.54, 1.807) is 0 Å². The van der Waals surface area contributed by atoms with Gasteiger partial charge >= 0.3 is 39.5 Å². The first kappa shape index (κ1) is 88.1. The fourth-order valence-electron chi connectivity index (χ4n) is 10.6. The van der Waals surface area contributed by atoms with Gasteiger partial charge in [0.1, 0.15) is 19.3 Å². The Bertz CT molecular complexity index is 1780. The summed E-state index contributed by atoms with van der Waals surface area (Å²) >= 11 is 0. The van der Waals surface area contributed by atoms with Gasteiger partial charge in [-0.15, -0.1) is 0 Å². The SMILES string of the molecule is CCC(C)CCCCCCCCC(=O)OC[C@H](COP(=O)(O)OC[C@H](O)COP(=O)(O)OC[C@@H](COC(=O)CCCCCCCCCCCCCCCCC(C)C)OC(=O)CCCCCCCCCCCC(C)C)OC(=O)CCCCCCCCCCC(C)C. The number of phosphoric acid groups is 2. The van der Waals surface area contributed by atoms with Crippen LogP contribution in [0.5, 0.6) is 0 Å². The van der Waals surface area contributed by atoms with Crippen LogP contribution in [0.3, 0.4) is 0 Å². The van der Waals surface area contributed by atoms with Crippen LogP contribution in [-0.4, -0.2) is 96.7 Å². The van der Waals surface area contributed by atoms with Crippen LogP contribution in [0.2, 0.25) is 0 Å². The van der Waals surface area contributed by atoms with Gasteiger partial charge in [-0.1, -0.05) is 299 Å². The van der Waals surface area contributed by atoms with Gasteiger partial charge in [-0.25, -0.2) is 9.13 Å². The Morgan fingerprint density at radius 1 is 0.311 bits per heavy atom. The molecule has 0 aromatic heterocycles. The Kier molecular flexibility index (Phi) is 59.4. The smallest absolute Gasteiger partial charge is 0.462 e. The number of hydrogen-bond donors (Lipinski definition) is 3. The molecule has 0 fully saturated rings. The van der Waals surface area contributed by atoms with E-state index in [2.05, 4.69) is 55.4 Å². The Labute approximate surface area is 549 Å². The molecule has 0 rings (SSSR count). The molecule has 3 N–H and O–H groups in total. The van der Waals surface area contributed by atoms with Crippen molar-refractivity contribution in [1.29, 1.82) is 0 Å². The molecule has 534 valence electrons. The number of hydrogen-bond acceptors (Lipinski definition) is 15. The third-order valence-corrected chi connectivity index (χ3v) is 18.6. The number of carbonyl (C=O) groups is 4. The fourth-order valence-corrected chi connectivity index (χ4v) is 12.2. The summed E-state index contributed by atoms with van der Waals surface area (Å²) in [4.78, 5) is 72.6. The van der Waals surface area contributed by atoms with Gasteiger partial charge in [0.2, 0.25) is 0 Å². The summed E-state index contributed by atoms with van der Waals surface area (Å²) in [7, 11) is -9.90. The first-order valence-corrected chi connectivity index (χ1v) is 39.7. The van der Waals surface area contributed by atoms with Crippen LogP contribution in [0, 0.1) is 23.7 Å². The molecular weight excluding hydrogens is 1190 g/mol. The lowest BCUT2D eigenvalue weighted by atomic mass is 10.00. The van der Waals surface area contributed by atoms with Crippen molar-refractivity contribution in [3.63, 3.8) is 0 Å². The van der Waals surface area contributed by atoms with Gasteiger partial charge in [0.05, 0.1) is 26.4 Å². The first-order valence-electron chi connectivity index (χ1n) is 36.7. The third kappa shape index (κ3) is 63.5. The number of ether oxygens (including phenoxy) is 4. The molecule has 3 unspecified atom stereocenters. The summed E-state index contributed by atoms with van der Waals surface area (Å²) in [6, 6.07) is 0. The maximum absolute atomic E-state index is 13.0. The molecule has 0 aliphatic carbocycles. The maximum atomic E-state index is 13.0. The minimum atomic E-state index is -4.95. The van der Waals surface area contributed by atoms with E-state index in [0.29, 0.717) is 25.7 Å². The van der Waals surface area contributed by atoms with E-state index in [1.165, 1.54) is 148 Å². The minimum absolute atomic E-state index is 0.103. The lowest BCUT2D eigenvalue weighted by molar-refractivity contribution is -0.161. The molecule has 17 nitrogen and oxygen atoms in total. The van der Waals surface area contributed by atoms with Gasteiger partial charge in [-0.05, 0) is 49.4 Å². The molecule has 19 heteroatoms. The minimum Gasteiger partial charge on any atom is -0.462 e. The highest BCUT2D eigenvalue weighted by molar-refractivity contribution is 7.47. The molecule has 0 aliphatic rings. The van der Waals surface area contributed by atoms with E-state index in [0.717, 1.165) is 120 Å². The van der Waals surface area contributed by atoms with Gasteiger partial charge in [0.25, 0.3) is 0 Å². The first-order chi connectivity index (χ1) is 43.1. The number of unbranched alkanes of at least 4 members (excludes halogenated alkanes) is 33. The van der Waals surface area contributed by atoms with Crippen molar-refractivity contribution < 1.29 is 80.2 Å². The summed E-state index contributed by atoms with van der Waals surface area (Å²) in [5.74, 6) is 0.854. The Hall–Kier alpha value is -1.94. The highest BCUT2D eigenvalue weighted by Gasteiger charge is 2.30. The van der Waals surface area contributed by atoms with Crippen molar-refractivity contribution in [2.75, 3.05) is 39.6 Å². The molecule has 0 saturated carbocycles. The van der Waals surface area contributed by atoms with Gasteiger partial charge < -0.3 is 33.8 Å². The summed E-state index contributed by atoms with van der Waals surface area (Å²) < 4.78 is 68.3. The highest BCUT2D eigenvalue weighted by Crippen LogP contribution is 2.45. The summed E-state index contributed by atoms with van der Waals surface area (Å²) in [6.45, 7) is 14.1. The Morgan fingerprint density at radius 3 is 0.789 bits per heavy atom. The second kappa shape index (κ2) is 60.7. The van der Waals surface area contributed by atoms with Gasteiger partial charge in [-0.3, -0.25) is 37.3 Å². The summed E-state index contributed by atoms with van der Waals surface area (Å²) in [6.07, 6.45) is 43.2. The molecule has 0 aromatic carbocycles. The number of rotatable bonds is 68. The average Bonchev–Trinajstić information content (AvgIpc) is 3.64. The average molecular weight is 1330 g/mol. The number of aliphatic hydroxyl groups is 1. The molecule has 0 amide bonds. The fraction of sp³-hybridized carbons (Fsp3) is 0.944. The number of carbonyl (C=O) groups excluding carboxylic acids is 4. The molecule has 90 heavy (non-hydrogen) atoms. The van der Waals surface area contributed by atoms with Gasteiger partial charge in [0.15, 0.2) is 12.2 Å². The van der Waals surface area contributed by atoms with Crippen LogP contribution in [0.1, 0.15) is 351 Å². The lowest BCUT2D eigenvalue weighted by Gasteiger charge is -2.21. The van der Waals surface area contributed by atoms with Crippen molar-refractivity contribution >= 4 is 39.5 Å².